The maximum atomic E-state index is 9.73. The molecular formula is C16H13ClN2O2. The molecule has 0 aliphatic heterocycles. The molecule has 0 saturated carbocycles. The van der Waals surface area contributed by atoms with E-state index in [1.165, 1.54) is 0 Å². The van der Waals surface area contributed by atoms with Crippen LogP contribution in [0.1, 0.15) is 17.0 Å². The standard InChI is InChI=1S/C16H13ClN2O2/c1-10-12(6-4-8-14(10)20)16-18-15(19-21-16)9-11-5-2-3-7-13(11)17/h2-8,20H,9H2,1H3. The molecule has 106 valence electrons. The Morgan fingerprint density at radius 3 is 2.76 bits per heavy atom. The van der Waals surface area contributed by atoms with Gasteiger partial charge in [-0.3, -0.25) is 0 Å². The van der Waals surface area contributed by atoms with Gasteiger partial charge in [-0.25, -0.2) is 0 Å². The van der Waals surface area contributed by atoms with Crippen molar-refractivity contribution in [2.24, 2.45) is 0 Å². The molecule has 1 heterocycles. The summed E-state index contributed by atoms with van der Waals surface area (Å²) in [6.07, 6.45) is 0.501. The van der Waals surface area contributed by atoms with E-state index in [2.05, 4.69) is 10.1 Å². The lowest BCUT2D eigenvalue weighted by Gasteiger charge is -2.02. The maximum Gasteiger partial charge on any atom is 0.258 e. The minimum Gasteiger partial charge on any atom is -0.508 e. The fourth-order valence-electron chi connectivity index (χ4n) is 2.10. The van der Waals surface area contributed by atoms with Crippen molar-refractivity contribution in [1.82, 2.24) is 10.1 Å². The summed E-state index contributed by atoms with van der Waals surface area (Å²) in [5.74, 6) is 1.16. The van der Waals surface area contributed by atoms with Crippen molar-refractivity contribution in [2.45, 2.75) is 13.3 Å². The highest BCUT2D eigenvalue weighted by molar-refractivity contribution is 6.31. The fourth-order valence-corrected chi connectivity index (χ4v) is 2.30. The van der Waals surface area contributed by atoms with Crippen molar-refractivity contribution in [3.63, 3.8) is 0 Å². The highest BCUT2D eigenvalue weighted by Crippen LogP contribution is 2.28. The van der Waals surface area contributed by atoms with E-state index in [0.29, 0.717) is 28.7 Å². The molecule has 0 unspecified atom stereocenters. The van der Waals surface area contributed by atoms with E-state index >= 15 is 0 Å². The average Bonchev–Trinajstić information content (AvgIpc) is 2.93. The first-order valence-corrected chi connectivity index (χ1v) is 6.88. The second kappa shape index (κ2) is 5.58. The molecule has 0 amide bonds. The van der Waals surface area contributed by atoms with Gasteiger partial charge in [-0.1, -0.05) is 41.0 Å². The van der Waals surface area contributed by atoms with E-state index in [1.54, 1.807) is 12.1 Å². The van der Waals surface area contributed by atoms with Gasteiger partial charge in [0.25, 0.3) is 5.89 Å². The van der Waals surface area contributed by atoms with Crippen LogP contribution in [0, 0.1) is 6.92 Å². The predicted octanol–water partition coefficient (Wildman–Crippen LogP) is 3.99. The van der Waals surface area contributed by atoms with Crippen molar-refractivity contribution in [1.29, 1.82) is 0 Å². The molecule has 0 radical (unpaired) electrons. The Kier molecular flexibility index (Phi) is 3.62. The van der Waals surface area contributed by atoms with Crippen LogP contribution in [0.15, 0.2) is 47.0 Å². The van der Waals surface area contributed by atoms with Gasteiger partial charge in [0.2, 0.25) is 0 Å². The lowest BCUT2D eigenvalue weighted by atomic mass is 10.1. The highest BCUT2D eigenvalue weighted by Gasteiger charge is 2.14. The third-order valence-electron chi connectivity index (χ3n) is 3.31. The highest BCUT2D eigenvalue weighted by atomic mass is 35.5. The van der Waals surface area contributed by atoms with Gasteiger partial charge in [0, 0.05) is 22.6 Å². The van der Waals surface area contributed by atoms with E-state index in [4.69, 9.17) is 16.1 Å². The van der Waals surface area contributed by atoms with Gasteiger partial charge < -0.3 is 9.63 Å². The molecule has 1 N–H and O–H groups in total. The number of nitrogens with zero attached hydrogens (tertiary/aromatic N) is 2. The van der Waals surface area contributed by atoms with E-state index in [9.17, 15) is 5.11 Å². The van der Waals surface area contributed by atoms with Crippen LogP contribution < -0.4 is 0 Å². The first-order chi connectivity index (χ1) is 10.1. The van der Waals surface area contributed by atoms with Crippen LogP contribution in [0.4, 0.5) is 0 Å². The summed E-state index contributed by atoms with van der Waals surface area (Å²) in [5, 5.41) is 14.4. The number of aromatic nitrogens is 2. The topological polar surface area (TPSA) is 59.2 Å². The van der Waals surface area contributed by atoms with Crippen LogP contribution in [0.5, 0.6) is 5.75 Å². The zero-order chi connectivity index (χ0) is 14.8. The number of phenolic OH excluding ortho intramolecular Hbond substituents is 1. The molecule has 0 atom stereocenters. The number of aromatic hydroxyl groups is 1. The summed E-state index contributed by atoms with van der Waals surface area (Å²) >= 11 is 6.12. The van der Waals surface area contributed by atoms with Crippen molar-refractivity contribution < 1.29 is 9.63 Å². The van der Waals surface area contributed by atoms with Crippen LogP contribution in [-0.2, 0) is 6.42 Å². The summed E-state index contributed by atoms with van der Waals surface area (Å²) in [5.41, 5.74) is 2.39. The van der Waals surface area contributed by atoms with Crippen LogP contribution in [-0.4, -0.2) is 15.2 Å². The number of rotatable bonds is 3. The normalized spacial score (nSPS) is 10.8. The molecule has 0 aliphatic rings. The van der Waals surface area contributed by atoms with E-state index in [-0.39, 0.29) is 5.75 Å². The Morgan fingerprint density at radius 2 is 1.95 bits per heavy atom. The Hall–Kier alpha value is -2.33. The predicted molar refractivity (Wildman–Crippen MR) is 80.4 cm³/mol. The Labute approximate surface area is 127 Å². The number of hydrogen-bond acceptors (Lipinski definition) is 4. The smallest absolute Gasteiger partial charge is 0.258 e. The molecule has 0 bridgehead atoms. The van der Waals surface area contributed by atoms with Crippen molar-refractivity contribution in [3.05, 3.63) is 64.4 Å². The van der Waals surface area contributed by atoms with Gasteiger partial charge in [-0.05, 0) is 30.7 Å². The zero-order valence-corrected chi connectivity index (χ0v) is 12.1. The molecular weight excluding hydrogens is 288 g/mol. The summed E-state index contributed by atoms with van der Waals surface area (Å²) in [7, 11) is 0. The molecule has 0 fully saturated rings. The zero-order valence-electron chi connectivity index (χ0n) is 11.4. The number of halogens is 1. The molecule has 3 rings (SSSR count). The molecule has 0 spiro atoms. The summed E-state index contributed by atoms with van der Waals surface area (Å²) in [6.45, 7) is 1.81. The molecule has 1 aromatic heterocycles. The van der Waals surface area contributed by atoms with E-state index < -0.39 is 0 Å². The average molecular weight is 301 g/mol. The van der Waals surface area contributed by atoms with Gasteiger partial charge in [0.1, 0.15) is 5.75 Å². The second-order valence-corrected chi connectivity index (χ2v) is 5.14. The molecule has 0 aliphatic carbocycles. The first-order valence-electron chi connectivity index (χ1n) is 6.50. The van der Waals surface area contributed by atoms with E-state index in [0.717, 1.165) is 11.1 Å². The van der Waals surface area contributed by atoms with Crippen LogP contribution in [0.3, 0.4) is 0 Å². The fraction of sp³-hybridized carbons (Fsp3) is 0.125. The number of benzene rings is 2. The van der Waals surface area contributed by atoms with Crippen molar-refractivity contribution >= 4 is 11.6 Å². The van der Waals surface area contributed by atoms with Crippen LogP contribution in [0.2, 0.25) is 5.02 Å². The van der Waals surface area contributed by atoms with Crippen molar-refractivity contribution in [3.8, 4) is 17.2 Å². The van der Waals surface area contributed by atoms with Gasteiger partial charge in [0.05, 0.1) is 0 Å². The molecule has 0 saturated heterocycles. The van der Waals surface area contributed by atoms with Gasteiger partial charge in [0.15, 0.2) is 5.82 Å². The number of phenols is 1. The Morgan fingerprint density at radius 1 is 1.14 bits per heavy atom. The summed E-state index contributed by atoms with van der Waals surface area (Å²) < 4.78 is 5.28. The van der Waals surface area contributed by atoms with Crippen LogP contribution >= 0.6 is 11.6 Å². The molecule has 5 heteroatoms. The summed E-state index contributed by atoms with van der Waals surface area (Å²) in [4.78, 5) is 4.37. The molecule has 21 heavy (non-hydrogen) atoms. The second-order valence-electron chi connectivity index (χ2n) is 4.73. The lowest BCUT2D eigenvalue weighted by molar-refractivity contribution is 0.422. The van der Waals surface area contributed by atoms with Crippen LogP contribution in [0.25, 0.3) is 11.5 Å². The summed E-state index contributed by atoms with van der Waals surface area (Å²) in [6, 6.07) is 12.8. The lowest BCUT2D eigenvalue weighted by Crippen LogP contribution is -1.92. The third-order valence-corrected chi connectivity index (χ3v) is 3.68. The number of hydrogen-bond donors (Lipinski definition) is 1. The quantitative estimate of drug-likeness (QED) is 0.794. The van der Waals surface area contributed by atoms with Gasteiger partial charge in [-0.2, -0.15) is 4.98 Å². The third kappa shape index (κ3) is 2.76. The minimum absolute atomic E-state index is 0.207. The molecule has 3 aromatic rings. The van der Waals surface area contributed by atoms with E-state index in [1.807, 2.05) is 37.3 Å². The Balaban J connectivity index is 1.90. The molecule has 4 nitrogen and oxygen atoms in total. The van der Waals surface area contributed by atoms with Gasteiger partial charge in [-0.15, -0.1) is 0 Å². The monoisotopic (exact) mass is 300 g/mol. The largest absolute Gasteiger partial charge is 0.508 e. The minimum atomic E-state index is 0.207. The van der Waals surface area contributed by atoms with Gasteiger partial charge >= 0.3 is 0 Å². The Bertz CT molecular complexity index is 783. The first kappa shape index (κ1) is 13.6. The molecule has 2 aromatic carbocycles. The van der Waals surface area contributed by atoms with Crippen molar-refractivity contribution in [2.75, 3.05) is 0 Å². The SMILES string of the molecule is Cc1c(O)cccc1-c1nc(Cc2ccccc2Cl)no1. The maximum absolute atomic E-state index is 9.73.